The summed E-state index contributed by atoms with van der Waals surface area (Å²) in [6.45, 7) is 3.77. The smallest absolute Gasteiger partial charge is 0.459 e. The first-order chi connectivity index (χ1) is 22.0. The summed E-state index contributed by atoms with van der Waals surface area (Å²) in [6.07, 6.45) is 0.825. The van der Waals surface area contributed by atoms with Gasteiger partial charge < -0.3 is 29.6 Å². The number of primary amides is 1. The zero-order valence-electron chi connectivity index (χ0n) is 25.7. The van der Waals surface area contributed by atoms with E-state index in [-0.39, 0.29) is 37.2 Å². The number of aromatic nitrogens is 2. The van der Waals surface area contributed by atoms with E-state index in [1.165, 1.54) is 10.9 Å². The Morgan fingerprint density at radius 3 is 2.43 bits per heavy atom. The predicted molar refractivity (Wildman–Crippen MR) is 164 cm³/mol. The molecule has 2 heterocycles. The number of imidazole rings is 1. The van der Waals surface area contributed by atoms with Crippen LogP contribution in [0.25, 0.3) is 0 Å². The summed E-state index contributed by atoms with van der Waals surface area (Å²) in [7, 11) is -4.37. The van der Waals surface area contributed by atoms with E-state index in [4.69, 9.17) is 29.0 Å². The lowest BCUT2D eigenvalue weighted by Gasteiger charge is -2.25. The number of amides is 1. The summed E-state index contributed by atoms with van der Waals surface area (Å²) in [5, 5.41) is 12.9. The second-order valence-corrected chi connectivity index (χ2v) is 12.8. The topological polar surface area (TPSA) is 191 Å². The second kappa shape index (κ2) is 16.4. The third kappa shape index (κ3) is 10.1. The van der Waals surface area contributed by atoms with Gasteiger partial charge in [-0.2, -0.15) is 5.09 Å². The molecule has 46 heavy (non-hydrogen) atoms. The van der Waals surface area contributed by atoms with Gasteiger partial charge >= 0.3 is 19.7 Å². The molecule has 1 aliphatic heterocycles. The minimum absolute atomic E-state index is 0.0168. The molecule has 2 aromatic carbocycles. The van der Waals surface area contributed by atoms with Crippen molar-refractivity contribution in [1.82, 2.24) is 14.6 Å². The van der Waals surface area contributed by atoms with Crippen molar-refractivity contribution >= 4 is 25.6 Å². The zero-order valence-corrected chi connectivity index (χ0v) is 26.5. The number of rotatable bonds is 17. The van der Waals surface area contributed by atoms with Gasteiger partial charge in [0.05, 0.1) is 25.7 Å². The van der Waals surface area contributed by atoms with Crippen molar-refractivity contribution in [3.05, 3.63) is 78.2 Å². The maximum absolute atomic E-state index is 14.2. The van der Waals surface area contributed by atoms with E-state index >= 15 is 0 Å². The molecule has 2 unspecified atom stereocenters. The minimum atomic E-state index is -4.37. The Labute approximate surface area is 266 Å². The van der Waals surface area contributed by atoms with Crippen molar-refractivity contribution in [1.29, 1.82) is 0 Å². The molecular formula is C31H39N4O10P. The summed E-state index contributed by atoms with van der Waals surface area (Å²) in [5.74, 6) is -2.43. The molecule has 4 atom stereocenters. The molecule has 248 valence electrons. The van der Waals surface area contributed by atoms with Crippen LogP contribution >= 0.6 is 7.75 Å². The van der Waals surface area contributed by atoms with Crippen LogP contribution in [-0.2, 0) is 39.5 Å². The van der Waals surface area contributed by atoms with Crippen LogP contribution in [0.15, 0.2) is 67.0 Å². The third-order valence-corrected chi connectivity index (χ3v) is 8.52. The zero-order chi connectivity index (χ0) is 33.1. The number of ether oxygens (including phenoxy) is 3. The highest BCUT2D eigenvalue weighted by atomic mass is 31.2. The molecule has 1 saturated heterocycles. The van der Waals surface area contributed by atoms with E-state index in [0.717, 1.165) is 5.56 Å². The number of nitrogens with one attached hydrogen (secondary N) is 1. The van der Waals surface area contributed by atoms with Gasteiger partial charge in [-0.05, 0) is 42.9 Å². The standard InChI is InChI=1S/C31H39N4O10P/c1-21(2)15-16-41-31(39)25(17-27(36)42-18-22-9-5-3-6-10-22)34-46(40,45-23-11-7-4-8-12-23)43-19-24-13-14-26(44-24)35-20-33-28(29(32)37)30(35)38/h3-12,20-21,24-26,38H,13-19H2,1-2H3,(H2,32,37)(H,34,40)/t24-,25?,26+,46?/m0/s1. The van der Waals surface area contributed by atoms with E-state index in [2.05, 4.69) is 10.1 Å². The quantitative estimate of drug-likeness (QED) is 0.138. The van der Waals surface area contributed by atoms with Crippen LogP contribution < -0.4 is 15.3 Å². The second-order valence-electron chi connectivity index (χ2n) is 11.1. The Morgan fingerprint density at radius 2 is 1.78 bits per heavy atom. The first-order valence-electron chi connectivity index (χ1n) is 14.9. The SMILES string of the molecule is CC(C)CCOC(=O)C(CC(=O)OCc1ccccc1)NP(=O)(OC[C@@H]1CC[C@H](n2cnc(C(N)=O)c2O)O1)Oc1ccccc1. The number of carbonyl (C=O) groups excluding carboxylic acids is 3. The highest BCUT2D eigenvalue weighted by Crippen LogP contribution is 2.46. The molecule has 1 aliphatic rings. The molecule has 1 aromatic heterocycles. The first-order valence-corrected chi connectivity index (χ1v) is 16.4. The Kier molecular flexibility index (Phi) is 12.3. The van der Waals surface area contributed by atoms with Crippen molar-refractivity contribution < 1.29 is 47.3 Å². The largest absolute Gasteiger partial charge is 0.493 e. The Balaban J connectivity index is 1.47. The van der Waals surface area contributed by atoms with Gasteiger partial charge in [-0.25, -0.2) is 9.55 Å². The van der Waals surface area contributed by atoms with Crippen molar-refractivity contribution in [2.24, 2.45) is 11.7 Å². The van der Waals surface area contributed by atoms with Gasteiger partial charge in [0.2, 0.25) is 5.88 Å². The maximum atomic E-state index is 14.2. The minimum Gasteiger partial charge on any atom is -0.493 e. The monoisotopic (exact) mass is 658 g/mol. The van der Waals surface area contributed by atoms with Gasteiger partial charge in [-0.1, -0.05) is 62.4 Å². The van der Waals surface area contributed by atoms with Gasteiger partial charge in [0.15, 0.2) is 5.69 Å². The molecule has 0 radical (unpaired) electrons. The molecular weight excluding hydrogens is 619 g/mol. The fraction of sp³-hybridized carbons (Fsp3) is 0.419. The third-order valence-electron chi connectivity index (χ3n) is 6.95. The number of esters is 2. The van der Waals surface area contributed by atoms with Crippen LogP contribution in [0.3, 0.4) is 0 Å². The molecule has 0 aliphatic carbocycles. The summed E-state index contributed by atoms with van der Waals surface area (Å²) < 4.78 is 43.7. The summed E-state index contributed by atoms with van der Waals surface area (Å²) in [4.78, 5) is 41.3. The average molecular weight is 659 g/mol. The highest BCUT2D eigenvalue weighted by Gasteiger charge is 2.38. The molecule has 0 bridgehead atoms. The van der Waals surface area contributed by atoms with Gasteiger partial charge in [0.1, 0.15) is 31.0 Å². The van der Waals surface area contributed by atoms with E-state index in [1.807, 2.05) is 19.9 Å². The fourth-order valence-electron chi connectivity index (χ4n) is 4.48. The summed E-state index contributed by atoms with van der Waals surface area (Å²) in [5.41, 5.74) is 5.70. The van der Waals surface area contributed by atoms with E-state index in [0.29, 0.717) is 19.3 Å². The average Bonchev–Trinajstić information content (AvgIpc) is 3.66. The van der Waals surface area contributed by atoms with Gasteiger partial charge in [0.25, 0.3) is 5.91 Å². The number of aromatic hydroxyl groups is 1. The van der Waals surface area contributed by atoms with E-state index in [9.17, 15) is 24.1 Å². The lowest BCUT2D eigenvalue weighted by molar-refractivity contribution is -0.153. The normalized spacial score (nSPS) is 18.1. The Bertz CT molecular complexity index is 1500. The molecule has 15 heteroatoms. The molecule has 14 nitrogen and oxygen atoms in total. The lowest BCUT2D eigenvalue weighted by atomic mass is 10.1. The number of benzene rings is 2. The highest BCUT2D eigenvalue weighted by molar-refractivity contribution is 7.52. The number of nitrogens with two attached hydrogens (primary N) is 1. The molecule has 4 N–H and O–H groups in total. The van der Waals surface area contributed by atoms with Crippen LogP contribution in [0.5, 0.6) is 11.6 Å². The van der Waals surface area contributed by atoms with Crippen LogP contribution in [0.1, 0.15) is 61.8 Å². The molecule has 0 spiro atoms. The summed E-state index contributed by atoms with van der Waals surface area (Å²) >= 11 is 0. The van der Waals surface area contributed by atoms with Crippen molar-refractivity contribution in [3.8, 4) is 11.6 Å². The first kappa shape index (κ1) is 34.6. The van der Waals surface area contributed by atoms with Crippen LogP contribution in [-0.4, -0.2) is 57.9 Å². The summed E-state index contributed by atoms with van der Waals surface area (Å²) in [6, 6.07) is 15.8. The number of hydrogen-bond donors (Lipinski definition) is 3. The van der Waals surface area contributed by atoms with Crippen molar-refractivity contribution in [2.45, 2.75) is 64.5 Å². The van der Waals surface area contributed by atoms with Gasteiger partial charge in [-0.3, -0.25) is 23.5 Å². The number of carbonyl (C=O) groups is 3. The van der Waals surface area contributed by atoms with E-state index in [1.54, 1.807) is 54.6 Å². The van der Waals surface area contributed by atoms with Gasteiger partial charge in [0, 0.05) is 0 Å². The molecule has 1 fully saturated rings. The van der Waals surface area contributed by atoms with E-state index < -0.39 is 56.3 Å². The molecule has 1 amide bonds. The van der Waals surface area contributed by atoms with Crippen molar-refractivity contribution in [2.75, 3.05) is 13.2 Å². The van der Waals surface area contributed by atoms with Crippen molar-refractivity contribution in [3.63, 3.8) is 0 Å². The van der Waals surface area contributed by atoms with Crippen LogP contribution in [0.4, 0.5) is 0 Å². The van der Waals surface area contributed by atoms with Crippen LogP contribution in [0.2, 0.25) is 0 Å². The maximum Gasteiger partial charge on any atom is 0.459 e. The van der Waals surface area contributed by atoms with Crippen LogP contribution in [0, 0.1) is 5.92 Å². The van der Waals surface area contributed by atoms with Gasteiger partial charge in [-0.15, -0.1) is 0 Å². The lowest BCUT2D eigenvalue weighted by Crippen LogP contribution is -2.40. The number of hydrogen-bond acceptors (Lipinski definition) is 11. The fourth-order valence-corrected chi connectivity index (χ4v) is 6.00. The molecule has 0 saturated carbocycles. The predicted octanol–water partition coefficient (Wildman–Crippen LogP) is 4.25. The molecule has 3 aromatic rings. The molecule has 4 rings (SSSR count). The number of nitrogens with zero attached hydrogens (tertiary/aromatic N) is 2. The number of para-hydroxylation sites is 1. The Hall–Kier alpha value is -4.23. The Morgan fingerprint density at radius 1 is 1.09 bits per heavy atom.